The fourth-order valence-electron chi connectivity index (χ4n) is 5.34. The predicted molar refractivity (Wildman–Crippen MR) is 53.8 cm³/mol. The van der Waals surface area contributed by atoms with E-state index >= 15 is 0 Å². The molecule has 0 spiro atoms. The molecule has 4 aliphatic rings. The molecule has 0 saturated heterocycles. The third-order valence-corrected chi connectivity index (χ3v) is 5.77. The van der Waals surface area contributed by atoms with E-state index in [-0.39, 0.29) is 24.2 Å². The summed E-state index contributed by atoms with van der Waals surface area (Å²) in [6.07, 6.45) is 0.655. The van der Waals surface area contributed by atoms with Gasteiger partial charge >= 0.3 is 6.18 Å². The van der Waals surface area contributed by atoms with Crippen LogP contribution in [0.3, 0.4) is 0 Å². The first kappa shape index (κ1) is 10.4. The molecule has 17 heavy (non-hydrogen) atoms. The highest BCUT2D eigenvalue weighted by Crippen LogP contribution is 2.71. The molecule has 7 atom stereocenters. The maximum Gasteiger partial charge on any atom is 0.422 e. The minimum absolute atomic E-state index is 0.0309. The molecule has 0 radical (unpaired) electrons. The van der Waals surface area contributed by atoms with E-state index in [1.165, 1.54) is 0 Å². The summed E-state index contributed by atoms with van der Waals surface area (Å²) < 4.78 is 53.1. The second-order valence-electron chi connectivity index (χ2n) is 6.27. The van der Waals surface area contributed by atoms with Crippen LogP contribution in [0.15, 0.2) is 12.2 Å². The van der Waals surface area contributed by atoms with E-state index in [0.717, 1.165) is 6.42 Å². The first-order valence-electron chi connectivity index (χ1n) is 6.36. The maximum atomic E-state index is 14.3. The molecule has 0 aromatic heterocycles. The highest BCUT2D eigenvalue weighted by Gasteiger charge is 2.74. The van der Waals surface area contributed by atoms with Gasteiger partial charge < -0.3 is 0 Å². The summed E-state index contributed by atoms with van der Waals surface area (Å²) in [5, 5.41) is 0. The first-order valence-corrected chi connectivity index (χ1v) is 6.36. The van der Waals surface area contributed by atoms with Crippen LogP contribution < -0.4 is 0 Å². The van der Waals surface area contributed by atoms with Gasteiger partial charge in [0.2, 0.25) is 5.67 Å². The van der Waals surface area contributed by atoms with Crippen molar-refractivity contribution in [2.24, 2.45) is 35.5 Å². The summed E-state index contributed by atoms with van der Waals surface area (Å²) in [7, 11) is 0. The lowest BCUT2D eigenvalue weighted by Crippen LogP contribution is -2.50. The maximum absolute atomic E-state index is 14.3. The van der Waals surface area contributed by atoms with Crippen LogP contribution in [0.5, 0.6) is 0 Å². The molecule has 3 fully saturated rings. The lowest BCUT2D eigenvalue weighted by molar-refractivity contribution is -0.255. The van der Waals surface area contributed by atoms with Gasteiger partial charge in [-0.25, -0.2) is 4.39 Å². The zero-order chi connectivity index (χ0) is 12.0. The molecule has 3 saturated carbocycles. The van der Waals surface area contributed by atoms with Crippen molar-refractivity contribution in [1.29, 1.82) is 0 Å². The lowest BCUT2D eigenvalue weighted by atomic mass is 9.68. The Balaban J connectivity index is 1.74. The Morgan fingerprint density at radius 2 is 1.65 bits per heavy atom. The molecule has 0 aromatic rings. The summed E-state index contributed by atoms with van der Waals surface area (Å²) in [5.74, 6) is 0.182. The minimum Gasteiger partial charge on any atom is -0.234 e. The van der Waals surface area contributed by atoms with Crippen molar-refractivity contribution in [3.8, 4) is 0 Å². The molecule has 4 rings (SSSR count). The third-order valence-electron chi connectivity index (χ3n) is 5.77. The van der Waals surface area contributed by atoms with Gasteiger partial charge in [-0.2, -0.15) is 13.2 Å². The van der Waals surface area contributed by atoms with Crippen molar-refractivity contribution in [3.63, 3.8) is 0 Å². The summed E-state index contributed by atoms with van der Waals surface area (Å²) in [6.45, 7) is 0. The van der Waals surface area contributed by atoms with Crippen LogP contribution >= 0.6 is 0 Å². The van der Waals surface area contributed by atoms with E-state index in [1.807, 2.05) is 6.08 Å². The molecule has 0 N–H and O–H groups in total. The lowest BCUT2D eigenvalue weighted by Gasteiger charge is -2.41. The van der Waals surface area contributed by atoms with Gasteiger partial charge in [-0.1, -0.05) is 12.2 Å². The second-order valence-corrected chi connectivity index (χ2v) is 6.27. The SMILES string of the molecule is FC(F)(F)C1(F)CC2CC1C1C3C=CC(C3)C21. The zero-order valence-corrected chi connectivity index (χ0v) is 9.25. The van der Waals surface area contributed by atoms with Crippen LogP contribution in [0.4, 0.5) is 17.6 Å². The highest BCUT2D eigenvalue weighted by molar-refractivity contribution is 5.24. The standard InChI is InChI=1S/C13H14F4/c14-12(13(15,16)17)5-8-4-9(12)11-7-2-1-6(3-7)10(8)11/h1-2,6-11H,3-5H2. The smallest absolute Gasteiger partial charge is 0.234 e. The fourth-order valence-corrected chi connectivity index (χ4v) is 5.34. The van der Waals surface area contributed by atoms with E-state index in [9.17, 15) is 17.6 Å². The molecular formula is C13H14F4. The quantitative estimate of drug-likeness (QED) is 0.347. The van der Waals surface area contributed by atoms with Crippen molar-refractivity contribution in [2.75, 3.05) is 0 Å². The monoisotopic (exact) mass is 246 g/mol. The van der Waals surface area contributed by atoms with Gasteiger partial charge in [0, 0.05) is 5.92 Å². The Kier molecular flexibility index (Phi) is 1.66. The molecule has 4 aliphatic carbocycles. The van der Waals surface area contributed by atoms with Crippen LogP contribution in [-0.4, -0.2) is 11.8 Å². The number of rotatable bonds is 0. The Hall–Kier alpha value is -0.540. The van der Waals surface area contributed by atoms with E-state index in [0.29, 0.717) is 18.3 Å². The number of fused-ring (bicyclic) bond motifs is 9. The third kappa shape index (κ3) is 1.02. The molecule has 0 nitrogen and oxygen atoms in total. The number of halogens is 4. The van der Waals surface area contributed by atoms with Crippen molar-refractivity contribution in [3.05, 3.63) is 12.2 Å². The summed E-state index contributed by atoms with van der Waals surface area (Å²) >= 11 is 0. The molecule has 0 aromatic carbocycles. The van der Waals surface area contributed by atoms with Gasteiger partial charge in [0.05, 0.1) is 0 Å². The van der Waals surface area contributed by atoms with Crippen molar-refractivity contribution < 1.29 is 17.6 Å². The van der Waals surface area contributed by atoms with Gasteiger partial charge in [-0.05, 0) is 48.9 Å². The van der Waals surface area contributed by atoms with Gasteiger partial charge in [0.25, 0.3) is 0 Å². The molecule has 94 valence electrons. The number of alkyl halides is 4. The fraction of sp³-hybridized carbons (Fsp3) is 0.846. The van der Waals surface area contributed by atoms with E-state index in [4.69, 9.17) is 0 Å². The number of hydrogen-bond acceptors (Lipinski definition) is 0. The Morgan fingerprint density at radius 3 is 2.29 bits per heavy atom. The van der Waals surface area contributed by atoms with Gasteiger partial charge in [0.15, 0.2) is 0 Å². The topological polar surface area (TPSA) is 0 Å². The van der Waals surface area contributed by atoms with E-state index < -0.39 is 17.8 Å². The van der Waals surface area contributed by atoms with E-state index in [1.54, 1.807) is 0 Å². The molecule has 4 bridgehead atoms. The number of hydrogen-bond donors (Lipinski definition) is 0. The first-order chi connectivity index (χ1) is 7.92. The normalized spacial score (nSPS) is 59.1. The second kappa shape index (κ2) is 2.72. The molecule has 0 heterocycles. The summed E-state index contributed by atoms with van der Waals surface area (Å²) in [4.78, 5) is 0. The Labute approximate surface area is 97.1 Å². The summed E-state index contributed by atoms with van der Waals surface area (Å²) in [6, 6.07) is 0. The van der Waals surface area contributed by atoms with Gasteiger partial charge in [0.1, 0.15) is 0 Å². The molecule has 0 aliphatic heterocycles. The Bertz CT molecular complexity index is 399. The highest BCUT2D eigenvalue weighted by atomic mass is 19.4. The van der Waals surface area contributed by atoms with E-state index in [2.05, 4.69) is 6.08 Å². The van der Waals surface area contributed by atoms with Crippen molar-refractivity contribution in [2.45, 2.75) is 31.1 Å². The predicted octanol–water partition coefficient (Wildman–Crippen LogP) is 3.74. The Morgan fingerprint density at radius 1 is 1.00 bits per heavy atom. The molecule has 0 amide bonds. The van der Waals surface area contributed by atoms with Crippen LogP contribution in [0.25, 0.3) is 0 Å². The van der Waals surface area contributed by atoms with Crippen LogP contribution in [0.1, 0.15) is 19.3 Å². The largest absolute Gasteiger partial charge is 0.422 e. The average Bonchev–Trinajstić information content (AvgIpc) is 2.91. The van der Waals surface area contributed by atoms with Crippen LogP contribution in [0, 0.1) is 35.5 Å². The van der Waals surface area contributed by atoms with Crippen molar-refractivity contribution >= 4 is 0 Å². The minimum atomic E-state index is -4.68. The average molecular weight is 246 g/mol. The molecule has 7 unspecified atom stereocenters. The van der Waals surface area contributed by atoms with Crippen LogP contribution in [0.2, 0.25) is 0 Å². The van der Waals surface area contributed by atoms with Gasteiger partial charge in [-0.3, -0.25) is 0 Å². The van der Waals surface area contributed by atoms with Crippen molar-refractivity contribution in [1.82, 2.24) is 0 Å². The van der Waals surface area contributed by atoms with Gasteiger partial charge in [-0.15, -0.1) is 0 Å². The number of allylic oxidation sites excluding steroid dienone is 2. The zero-order valence-electron chi connectivity index (χ0n) is 9.25. The summed E-state index contributed by atoms with van der Waals surface area (Å²) in [5.41, 5.74) is -2.89. The van der Waals surface area contributed by atoms with Crippen LogP contribution in [-0.2, 0) is 0 Å². The molecule has 4 heteroatoms. The molecular weight excluding hydrogens is 232 g/mol.